The van der Waals surface area contributed by atoms with E-state index in [1.165, 1.54) is 5.56 Å². The van der Waals surface area contributed by atoms with Crippen molar-refractivity contribution in [3.05, 3.63) is 23.8 Å². The molecular formula is C15H24N2O2. The van der Waals surface area contributed by atoms with E-state index in [9.17, 15) is 0 Å². The Morgan fingerprint density at radius 1 is 1.16 bits per heavy atom. The SMILES string of the molecule is COc1cccc(CCCN2CCNCC2)c1OC. The minimum absolute atomic E-state index is 0.821. The molecule has 1 aromatic carbocycles. The minimum atomic E-state index is 0.821. The number of piperazine rings is 1. The summed E-state index contributed by atoms with van der Waals surface area (Å²) < 4.78 is 10.8. The summed E-state index contributed by atoms with van der Waals surface area (Å²) in [7, 11) is 3.39. The van der Waals surface area contributed by atoms with Crippen molar-refractivity contribution in [3.63, 3.8) is 0 Å². The topological polar surface area (TPSA) is 33.7 Å². The summed E-state index contributed by atoms with van der Waals surface area (Å²) in [4.78, 5) is 2.52. The molecular weight excluding hydrogens is 240 g/mol. The first-order chi connectivity index (χ1) is 9.35. The zero-order chi connectivity index (χ0) is 13.5. The molecule has 4 nitrogen and oxygen atoms in total. The zero-order valence-corrected chi connectivity index (χ0v) is 11.9. The lowest BCUT2D eigenvalue weighted by Crippen LogP contribution is -2.43. The normalized spacial score (nSPS) is 16.3. The van der Waals surface area contributed by atoms with Gasteiger partial charge in [0.05, 0.1) is 14.2 Å². The molecule has 1 aliphatic rings. The lowest BCUT2D eigenvalue weighted by molar-refractivity contribution is 0.238. The third-order valence-electron chi connectivity index (χ3n) is 3.61. The molecule has 1 aromatic rings. The summed E-state index contributed by atoms with van der Waals surface area (Å²) in [6, 6.07) is 6.10. The molecule has 1 N–H and O–H groups in total. The zero-order valence-electron chi connectivity index (χ0n) is 11.9. The Kier molecular flexibility index (Phi) is 5.48. The van der Waals surface area contributed by atoms with E-state index in [1.54, 1.807) is 14.2 Å². The molecule has 0 spiro atoms. The van der Waals surface area contributed by atoms with Gasteiger partial charge in [-0.15, -0.1) is 0 Å². The summed E-state index contributed by atoms with van der Waals surface area (Å²) in [6.45, 7) is 5.71. The smallest absolute Gasteiger partial charge is 0.163 e. The maximum Gasteiger partial charge on any atom is 0.163 e. The quantitative estimate of drug-likeness (QED) is 0.845. The summed E-state index contributed by atoms with van der Waals surface area (Å²) in [6.07, 6.45) is 2.19. The molecule has 19 heavy (non-hydrogen) atoms. The standard InChI is InChI=1S/C15H24N2O2/c1-18-14-7-3-5-13(15(14)19-2)6-4-10-17-11-8-16-9-12-17/h3,5,7,16H,4,6,8-12H2,1-2H3. The molecule has 1 aliphatic heterocycles. The third-order valence-corrected chi connectivity index (χ3v) is 3.61. The number of para-hydroxylation sites is 1. The number of methoxy groups -OCH3 is 2. The number of hydrogen-bond donors (Lipinski definition) is 1. The van der Waals surface area contributed by atoms with Gasteiger partial charge in [0.15, 0.2) is 11.5 Å². The van der Waals surface area contributed by atoms with Gasteiger partial charge in [-0.05, 0) is 31.0 Å². The first-order valence-corrected chi connectivity index (χ1v) is 6.98. The van der Waals surface area contributed by atoms with Gasteiger partial charge in [0.25, 0.3) is 0 Å². The molecule has 0 radical (unpaired) electrons. The van der Waals surface area contributed by atoms with Crippen molar-refractivity contribution in [2.24, 2.45) is 0 Å². The van der Waals surface area contributed by atoms with Crippen LogP contribution in [0.1, 0.15) is 12.0 Å². The summed E-state index contributed by atoms with van der Waals surface area (Å²) >= 11 is 0. The first kappa shape index (κ1) is 14.2. The number of benzene rings is 1. The Labute approximate surface area is 115 Å². The van der Waals surface area contributed by atoms with Gasteiger partial charge >= 0.3 is 0 Å². The van der Waals surface area contributed by atoms with Crippen LogP contribution in [0.3, 0.4) is 0 Å². The van der Waals surface area contributed by atoms with Crippen LogP contribution in [0.5, 0.6) is 11.5 Å². The van der Waals surface area contributed by atoms with Gasteiger partial charge in [-0.2, -0.15) is 0 Å². The molecule has 0 saturated carbocycles. The number of nitrogens with zero attached hydrogens (tertiary/aromatic N) is 1. The molecule has 0 aliphatic carbocycles. The van der Waals surface area contributed by atoms with Crippen molar-refractivity contribution in [2.45, 2.75) is 12.8 Å². The molecule has 0 bridgehead atoms. The Morgan fingerprint density at radius 2 is 1.95 bits per heavy atom. The number of rotatable bonds is 6. The van der Waals surface area contributed by atoms with Crippen molar-refractivity contribution in [1.29, 1.82) is 0 Å². The van der Waals surface area contributed by atoms with Crippen LogP contribution < -0.4 is 14.8 Å². The highest BCUT2D eigenvalue weighted by Crippen LogP contribution is 2.31. The predicted molar refractivity (Wildman–Crippen MR) is 77.2 cm³/mol. The second-order valence-corrected chi connectivity index (χ2v) is 4.85. The van der Waals surface area contributed by atoms with Crippen LogP contribution in [0.15, 0.2) is 18.2 Å². The van der Waals surface area contributed by atoms with Crippen LogP contribution in [0, 0.1) is 0 Å². The second-order valence-electron chi connectivity index (χ2n) is 4.85. The molecule has 0 atom stereocenters. The van der Waals surface area contributed by atoms with Crippen molar-refractivity contribution in [3.8, 4) is 11.5 Å². The summed E-state index contributed by atoms with van der Waals surface area (Å²) in [5.74, 6) is 1.70. The maximum absolute atomic E-state index is 5.46. The van der Waals surface area contributed by atoms with E-state index in [2.05, 4.69) is 16.3 Å². The minimum Gasteiger partial charge on any atom is -0.493 e. The van der Waals surface area contributed by atoms with Crippen molar-refractivity contribution >= 4 is 0 Å². The summed E-state index contributed by atoms with van der Waals surface area (Å²) in [5, 5.41) is 3.38. The molecule has 0 aromatic heterocycles. The lowest BCUT2D eigenvalue weighted by atomic mass is 10.1. The van der Waals surface area contributed by atoms with Gasteiger partial charge in [-0.1, -0.05) is 12.1 Å². The van der Waals surface area contributed by atoms with E-state index in [1.807, 2.05) is 12.1 Å². The van der Waals surface area contributed by atoms with Gasteiger partial charge in [-0.25, -0.2) is 0 Å². The molecule has 1 heterocycles. The highest BCUT2D eigenvalue weighted by atomic mass is 16.5. The van der Waals surface area contributed by atoms with E-state index in [0.717, 1.165) is 57.1 Å². The highest BCUT2D eigenvalue weighted by molar-refractivity contribution is 5.46. The van der Waals surface area contributed by atoms with Gasteiger partial charge in [0, 0.05) is 26.2 Å². The van der Waals surface area contributed by atoms with E-state index in [-0.39, 0.29) is 0 Å². The van der Waals surface area contributed by atoms with E-state index in [0.29, 0.717) is 0 Å². The first-order valence-electron chi connectivity index (χ1n) is 6.98. The molecule has 2 rings (SSSR count). The Bertz CT molecular complexity index is 390. The number of hydrogen-bond acceptors (Lipinski definition) is 4. The van der Waals surface area contributed by atoms with Crippen LogP contribution in [0.4, 0.5) is 0 Å². The fraction of sp³-hybridized carbons (Fsp3) is 0.600. The number of nitrogens with one attached hydrogen (secondary N) is 1. The fourth-order valence-corrected chi connectivity index (χ4v) is 2.58. The lowest BCUT2D eigenvalue weighted by Gasteiger charge is -2.27. The van der Waals surface area contributed by atoms with Crippen LogP contribution in [-0.2, 0) is 6.42 Å². The van der Waals surface area contributed by atoms with Crippen molar-refractivity contribution in [1.82, 2.24) is 10.2 Å². The van der Waals surface area contributed by atoms with Crippen LogP contribution >= 0.6 is 0 Å². The average Bonchev–Trinajstić information content (AvgIpc) is 2.48. The monoisotopic (exact) mass is 264 g/mol. The third kappa shape index (κ3) is 3.85. The maximum atomic E-state index is 5.46. The van der Waals surface area contributed by atoms with Crippen molar-refractivity contribution < 1.29 is 9.47 Å². The molecule has 0 amide bonds. The van der Waals surface area contributed by atoms with Crippen LogP contribution in [0.25, 0.3) is 0 Å². The number of ether oxygens (including phenoxy) is 2. The molecule has 4 heteroatoms. The highest BCUT2D eigenvalue weighted by Gasteiger charge is 2.11. The Hall–Kier alpha value is -1.26. The average molecular weight is 264 g/mol. The predicted octanol–water partition coefficient (Wildman–Crippen LogP) is 1.54. The van der Waals surface area contributed by atoms with Gasteiger partial charge < -0.3 is 19.7 Å². The molecule has 1 saturated heterocycles. The molecule has 0 unspecified atom stereocenters. The number of aryl methyl sites for hydroxylation is 1. The van der Waals surface area contributed by atoms with E-state index >= 15 is 0 Å². The van der Waals surface area contributed by atoms with Crippen LogP contribution in [-0.4, -0.2) is 51.8 Å². The molecule has 1 fully saturated rings. The van der Waals surface area contributed by atoms with E-state index < -0.39 is 0 Å². The molecule has 106 valence electrons. The fourth-order valence-electron chi connectivity index (χ4n) is 2.58. The second kappa shape index (κ2) is 7.36. The van der Waals surface area contributed by atoms with Gasteiger partial charge in [0.1, 0.15) is 0 Å². The van der Waals surface area contributed by atoms with Gasteiger partial charge in [-0.3, -0.25) is 0 Å². The largest absolute Gasteiger partial charge is 0.493 e. The Morgan fingerprint density at radius 3 is 2.63 bits per heavy atom. The van der Waals surface area contributed by atoms with Crippen molar-refractivity contribution in [2.75, 3.05) is 46.9 Å². The Balaban J connectivity index is 1.88. The van der Waals surface area contributed by atoms with Gasteiger partial charge in [0.2, 0.25) is 0 Å². The van der Waals surface area contributed by atoms with E-state index in [4.69, 9.17) is 9.47 Å². The van der Waals surface area contributed by atoms with Crippen LogP contribution in [0.2, 0.25) is 0 Å². The summed E-state index contributed by atoms with van der Waals surface area (Å²) in [5.41, 5.74) is 1.23.